The zero-order chi connectivity index (χ0) is 40.2. The van der Waals surface area contributed by atoms with Crippen molar-refractivity contribution in [3.63, 3.8) is 0 Å². The minimum atomic E-state index is -0.714. The molecular formula is C43H43ClN8O6. The average molecular weight is 803 g/mol. The third-order valence-corrected chi connectivity index (χ3v) is 11.1. The molecular weight excluding hydrogens is 760 g/mol. The number of fused-ring (bicyclic) bond motifs is 1. The number of hydrogen-bond donors (Lipinski definition) is 1. The Bertz CT molecular complexity index is 2540. The van der Waals surface area contributed by atoms with Gasteiger partial charge >= 0.3 is 5.69 Å². The molecule has 15 heteroatoms. The highest BCUT2D eigenvalue weighted by Gasteiger charge is 2.31. The summed E-state index contributed by atoms with van der Waals surface area (Å²) < 4.78 is 23.0. The van der Waals surface area contributed by atoms with Gasteiger partial charge in [-0.1, -0.05) is 23.7 Å². The fourth-order valence-corrected chi connectivity index (χ4v) is 8.07. The van der Waals surface area contributed by atoms with E-state index in [2.05, 4.69) is 32.2 Å². The second kappa shape index (κ2) is 17.3. The van der Waals surface area contributed by atoms with Gasteiger partial charge in [0, 0.05) is 69.8 Å². The van der Waals surface area contributed by atoms with Gasteiger partial charge in [-0.2, -0.15) is 5.26 Å². The average Bonchev–Trinajstić information content (AvgIpc) is 3.99. The minimum absolute atomic E-state index is 0.201. The molecule has 5 heterocycles. The van der Waals surface area contributed by atoms with Crippen LogP contribution in [0.25, 0.3) is 39.6 Å². The highest BCUT2D eigenvalue weighted by atomic mass is 35.5. The van der Waals surface area contributed by atoms with E-state index in [1.165, 1.54) is 4.57 Å². The van der Waals surface area contributed by atoms with E-state index in [9.17, 15) is 14.4 Å². The second-order valence-corrected chi connectivity index (χ2v) is 14.8. The number of anilines is 1. The van der Waals surface area contributed by atoms with Crippen molar-refractivity contribution in [1.29, 1.82) is 5.26 Å². The van der Waals surface area contributed by atoms with Crippen molar-refractivity contribution in [2.24, 2.45) is 7.05 Å². The fourth-order valence-electron chi connectivity index (χ4n) is 7.78. The number of nitriles is 1. The van der Waals surface area contributed by atoms with Crippen molar-refractivity contribution < 1.29 is 23.5 Å². The zero-order valence-electron chi connectivity index (χ0n) is 32.1. The highest BCUT2D eigenvalue weighted by molar-refractivity contribution is 6.33. The van der Waals surface area contributed by atoms with Crippen LogP contribution in [0.2, 0.25) is 5.02 Å². The summed E-state index contributed by atoms with van der Waals surface area (Å²) in [6.07, 6.45) is 4.72. The Labute approximate surface area is 339 Å². The van der Waals surface area contributed by atoms with Crippen LogP contribution in [-0.2, 0) is 32.5 Å². The number of imidazole rings is 2. The topological polar surface area (TPSA) is 153 Å². The first kappa shape index (κ1) is 38.9. The predicted molar refractivity (Wildman–Crippen MR) is 219 cm³/mol. The fraction of sp³-hybridized carbons (Fsp3) is 0.326. The predicted octanol–water partition coefficient (Wildman–Crippen LogP) is 5.35. The Balaban J connectivity index is 0.767. The molecule has 0 aliphatic carbocycles. The van der Waals surface area contributed by atoms with Crippen molar-refractivity contribution in [2.75, 3.05) is 64.1 Å². The Morgan fingerprint density at radius 3 is 2.47 bits per heavy atom. The van der Waals surface area contributed by atoms with Gasteiger partial charge in [-0.15, -0.1) is 0 Å². The molecule has 6 aromatic rings. The van der Waals surface area contributed by atoms with Crippen LogP contribution in [0.15, 0.2) is 94.4 Å². The van der Waals surface area contributed by atoms with Crippen LogP contribution in [0.3, 0.4) is 0 Å². The van der Waals surface area contributed by atoms with Gasteiger partial charge in [0.2, 0.25) is 11.8 Å². The molecule has 8 rings (SSSR count). The van der Waals surface area contributed by atoms with Crippen LogP contribution >= 0.6 is 11.6 Å². The lowest BCUT2D eigenvalue weighted by molar-refractivity contribution is -0.135. The number of nitrogens with zero attached hydrogens (tertiary/aromatic N) is 7. The molecule has 2 fully saturated rings. The number of benzene rings is 3. The first-order chi connectivity index (χ1) is 28.3. The third-order valence-electron chi connectivity index (χ3n) is 10.8. The summed E-state index contributed by atoms with van der Waals surface area (Å²) in [6.45, 7) is 6.29. The number of halogens is 1. The first-order valence-corrected chi connectivity index (χ1v) is 19.8. The number of ether oxygens (including phenoxy) is 2. The number of amides is 2. The van der Waals surface area contributed by atoms with E-state index in [1.54, 1.807) is 29.9 Å². The van der Waals surface area contributed by atoms with Crippen LogP contribution < -0.4 is 15.9 Å². The molecule has 3 aromatic carbocycles. The highest BCUT2D eigenvalue weighted by Crippen LogP contribution is 2.33. The molecule has 0 bridgehead atoms. The molecule has 2 aliphatic rings. The first-order valence-electron chi connectivity index (χ1n) is 19.4. The molecule has 1 atom stereocenters. The maximum atomic E-state index is 13.2. The van der Waals surface area contributed by atoms with Gasteiger partial charge in [-0.25, -0.2) is 9.78 Å². The molecule has 58 heavy (non-hydrogen) atoms. The van der Waals surface area contributed by atoms with Gasteiger partial charge in [0.15, 0.2) is 11.6 Å². The maximum Gasteiger partial charge on any atom is 0.329 e. The number of nitrogens with one attached hydrogen (secondary N) is 1. The number of para-hydroxylation sites is 1. The van der Waals surface area contributed by atoms with E-state index in [1.807, 2.05) is 65.4 Å². The van der Waals surface area contributed by atoms with Gasteiger partial charge < -0.3 is 18.8 Å². The zero-order valence-corrected chi connectivity index (χ0v) is 32.9. The van der Waals surface area contributed by atoms with E-state index < -0.39 is 11.9 Å². The molecule has 0 radical (unpaired) electrons. The third kappa shape index (κ3) is 8.07. The van der Waals surface area contributed by atoms with Gasteiger partial charge in [0.1, 0.15) is 11.8 Å². The lowest BCUT2D eigenvalue weighted by Crippen LogP contribution is -2.47. The van der Waals surface area contributed by atoms with Gasteiger partial charge in [-0.05, 0) is 79.1 Å². The Hall–Kier alpha value is -5.98. The summed E-state index contributed by atoms with van der Waals surface area (Å²) in [4.78, 5) is 46.7. The summed E-state index contributed by atoms with van der Waals surface area (Å²) in [5.41, 5.74) is 5.46. The molecule has 3 aromatic heterocycles. The largest absolute Gasteiger partial charge is 0.453 e. The number of carbonyl (C=O) groups excluding carboxylic acids is 2. The van der Waals surface area contributed by atoms with E-state index >= 15 is 0 Å². The van der Waals surface area contributed by atoms with Crippen molar-refractivity contribution >= 4 is 40.1 Å². The summed E-state index contributed by atoms with van der Waals surface area (Å²) in [5, 5.41) is 12.1. The van der Waals surface area contributed by atoms with E-state index in [4.69, 9.17) is 30.8 Å². The second-order valence-electron chi connectivity index (χ2n) is 14.4. The van der Waals surface area contributed by atoms with Crippen molar-refractivity contribution in [3.8, 4) is 34.7 Å². The van der Waals surface area contributed by atoms with E-state index in [0.29, 0.717) is 72.7 Å². The standard InChI is InChI=1S/C43H43ClN8O6/c1-48-40-31(3-2-4-35(40)52(43(48)55)36-11-14-39(53)47-42(36)54)15-23-56-25-26-57-24-22-49-18-20-50(21-19-49)34-10-9-32(27-33(34)44)51-17-16-46-41(51)38-13-12-37(58-38)30-7-5-29(28-45)6-8-30/h2-10,12-13,16-17,27,36H,11,14-15,18-26H2,1H3,(H,47,53,54). The normalized spacial score (nSPS) is 16.2. The maximum absolute atomic E-state index is 13.2. The number of hydrogen-bond acceptors (Lipinski definition) is 10. The number of aromatic nitrogens is 4. The van der Waals surface area contributed by atoms with Crippen molar-refractivity contribution in [1.82, 2.24) is 28.9 Å². The summed E-state index contributed by atoms with van der Waals surface area (Å²) in [7, 11) is 1.70. The number of piperidine rings is 1. The Morgan fingerprint density at radius 1 is 0.931 bits per heavy atom. The molecule has 0 saturated carbocycles. The number of imide groups is 1. The number of piperazine rings is 1. The summed E-state index contributed by atoms with van der Waals surface area (Å²) in [6, 6.07) is 24.2. The van der Waals surface area contributed by atoms with Gasteiger partial charge in [0.25, 0.3) is 0 Å². The monoisotopic (exact) mass is 802 g/mol. The van der Waals surface area contributed by atoms with Crippen LogP contribution in [0.1, 0.15) is 30.0 Å². The SMILES string of the molecule is Cn1c(=O)n(C2CCC(=O)NC2=O)c2cccc(CCOCCOCCN3CCN(c4ccc(-n5ccnc5-c5ccc(-c6ccc(C#N)cc6)o5)cc4Cl)CC3)c21. The summed E-state index contributed by atoms with van der Waals surface area (Å²) >= 11 is 6.89. The van der Waals surface area contributed by atoms with Crippen LogP contribution in [0, 0.1) is 11.3 Å². The van der Waals surface area contributed by atoms with E-state index in [0.717, 1.165) is 60.7 Å². The van der Waals surface area contributed by atoms with Crippen LogP contribution in [0.4, 0.5) is 5.69 Å². The number of rotatable bonds is 14. The molecule has 2 saturated heterocycles. The van der Waals surface area contributed by atoms with Gasteiger partial charge in [-0.3, -0.25) is 33.5 Å². The molecule has 1 N–H and O–H groups in total. The van der Waals surface area contributed by atoms with Crippen LogP contribution in [-0.4, -0.2) is 94.6 Å². The Kier molecular flexibility index (Phi) is 11.6. The number of aryl methyl sites for hydroxylation is 1. The minimum Gasteiger partial charge on any atom is -0.453 e. The van der Waals surface area contributed by atoms with Crippen LogP contribution in [0.5, 0.6) is 0 Å². The molecule has 1 unspecified atom stereocenters. The Morgan fingerprint density at radius 2 is 1.71 bits per heavy atom. The molecule has 2 amide bonds. The quantitative estimate of drug-likeness (QED) is 0.113. The lowest BCUT2D eigenvalue weighted by atomic mass is 10.1. The molecule has 0 spiro atoms. The molecule has 2 aliphatic heterocycles. The van der Waals surface area contributed by atoms with E-state index in [-0.39, 0.29) is 18.0 Å². The number of carbonyl (C=O) groups is 2. The van der Waals surface area contributed by atoms with Gasteiger partial charge in [0.05, 0.1) is 59.8 Å². The van der Waals surface area contributed by atoms with Crippen molar-refractivity contribution in [2.45, 2.75) is 25.3 Å². The summed E-state index contributed by atoms with van der Waals surface area (Å²) in [5.74, 6) is 1.22. The van der Waals surface area contributed by atoms with Crippen molar-refractivity contribution in [3.05, 3.63) is 112 Å². The molecule has 298 valence electrons. The molecule has 14 nitrogen and oxygen atoms in total. The number of furan rings is 1. The smallest absolute Gasteiger partial charge is 0.329 e. The lowest BCUT2D eigenvalue weighted by Gasteiger charge is -2.36.